The fraction of sp³-hybridized carbons (Fsp3) is 0.471. The molecule has 24 heavy (non-hydrogen) atoms. The van der Waals surface area contributed by atoms with Gasteiger partial charge in [-0.1, -0.05) is 37.1 Å². The van der Waals surface area contributed by atoms with Crippen molar-refractivity contribution in [3.63, 3.8) is 0 Å². The van der Waals surface area contributed by atoms with Gasteiger partial charge in [0.05, 0.1) is 5.69 Å². The third-order valence-corrected chi connectivity index (χ3v) is 5.71. The Morgan fingerprint density at radius 3 is 2.88 bits per heavy atom. The molecule has 7 heteroatoms. The van der Waals surface area contributed by atoms with E-state index in [1.165, 1.54) is 37.7 Å². The normalized spacial score (nSPS) is 16.0. The van der Waals surface area contributed by atoms with Crippen LogP contribution in [0.2, 0.25) is 0 Å². The molecule has 0 radical (unpaired) electrons. The quantitative estimate of drug-likeness (QED) is 0.582. The molecule has 0 saturated heterocycles. The summed E-state index contributed by atoms with van der Waals surface area (Å²) in [6.45, 7) is 2.08. The Labute approximate surface area is 145 Å². The number of nitrogens with two attached hydrogens (primary N) is 1. The second-order valence-electron chi connectivity index (χ2n) is 6.49. The van der Waals surface area contributed by atoms with Crippen molar-refractivity contribution in [1.29, 1.82) is 0 Å². The highest BCUT2D eigenvalue weighted by Gasteiger charge is 2.22. The van der Waals surface area contributed by atoms with E-state index in [9.17, 15) is 0 Å². The molecule has 3 aromatic rings. The molecule has 6 nitrogen and oxygen atoms in total. The number of nitrogen functional groups attached to an aromatic ring is 1. The van der Waals surface area contributed by atoms with Crippen molar-refractivity contribution in [1.82, 2.24) is 24.3 Å². The number of hydrogen-bond donors (Lipinski definition) is 1. The zero-order valence-electron chi connectivity index (χ0n) is 13.9. The van der Waals surface area contributed by atoms with Crippen LogP contribution in [0.25, 0.3) is 5.65 Å². The Balaban J connectivity index is 1.49. The predicted octanol–water partition coefficient (Wildman–Crippen LogP) is 3.29. The van der Waals surface area contributed by atoms with Gasteiger partial charge in [0.1, 0.15) is 5.65 Å². The van der Waals surface area contributed by atoms with E-state index in [0.717, 1.165) is 28.1 Å². The molecule has 0 spiro atoms. The lowest BCUT2D eigenvalue weighted by atomic mass is 9.89. The zero-order chi connectivity index (χ0) is 16.5. The molecule has 4 rings (SSSR count). The molecule has 126 valence electrons. The summed E-state index contributed by atoms with van der Waals surface area (Å²) in [6, 6.07) is 4.11. The number of aryl methyl sites for hydroxylation is 1. The highest BCUT2D eigenvalue weighted by atomic mass is 32.2. The van der Waals surface area contributed by atoms with Crippen LogP contribution in [0.15, 0.2) is 29.7 Å². The van der Waals surface area contributed by atoms with E-state index in [-0.39, 0.29) is 0 Å². The first kappa shape index (κ1) is 15.5. The first-order valence-corrected chi connectivity index (χ1v) is 9.47. The van der Waals surface area contributed by atoms with Gasteiger partial charge < -0.3 is 10.2 Å². The van der Waals surface area contributed by atoms with E-state index in [1.54, 1.807) is 16.4 Å². The van der Waals surface area contributed by atoms with E-state index in [2.05, 4.69) is 33.8 Å². The molecule has 1 aliphatic carbocycles. The molecule has 0 bridgehead atoms. The van der Waals surface area contributed by atoms with Crippen LogP contribution in [0.3, 0.4) is 0 Å². The van der Waals surface area contributed by atoms with Crippen LogP contribution >= 0.6 is 11.8 Å². The smallest absolute Gasteiger partial charge is 0.210 e. The molecule has 1 saturated carbocycles. The van der Waals surface area contributed by atoms with Crippen molar-refractivity contribution >= 4 is 17.4 Å². The minimum absolute atomic E-state index is 0.462. The van der Waals surface area contributed by atoms with Gasteiger partial charge in [-0.05, 0) is 31.4 Å². The summed E-state index contributed by atoms with van der Waals surface area (Å²) in [6.07, 6.45) is 10.3. The van der Waals surface area contributed by atoms with Crippen molar-refractivity contribution in [2.75, 3.05) is 5.84 Å². The number of aromatic nitrogens is 5. The van der Waals surface area contributed by atoms with Crippen LogP contribution < -0.4 is 5.84 Å². The molecule has 0 aromatic carbocycles. The third-order valence-electron chi connectivity index (χ3n) is 4.74. The molecule has 2 N–H and O–H groups in total. The first-order chi connectivity index (χ1) is 11.7. The lowest BCUT2D eigenvalue weighted by molar-refractivity contribution is 0.421. The Morgan fingerprint density at radius 1 is 1.25 bits per heavy atom. The molecule has 0 unspecified atom stereocenters. The Morgan fingerprint density at radius 2 is 2.08 bits per heavy atom. The largest absolute Gasteiger partial charge is 0.336 e. The van der Waals surface area contributed by atoms with Crippen molar-refractivity contribution in [3.05, 3.63) is 41.6 Å². The van der Waals surface area contributed by atoms with Crippen molar-refractivity contribution in [2.45, 2.75) is 55.9 Å². The monoisotopic (exact) mass is 342 g/mol. The molecule has 1 aliphatic rings. The second kappa shape index (κ2) is 6.47. The molecule has 0 aliphatic heterocycles. The Kier molecular flexibility index (Phi) is 4.18. The summed E-state index contributed by atoms with van der Waals surface area (Å²) in [7, 11) is 0. The lowest BCUT2D eigenvalue weighted by Gasteiger charge is -2.20. The standard InChI is InChI=1S/C17H22N6S/c1-12-6-5-9-22-10-14(19-15(12)22)11-24-17-21-20-16(23(17)18)13-7-3-2-4-8-13/h5-6,9-10,13H,2-4,7-8,11,18H2,1H3. The van der Waals surface area contributed by atoms with Gasteiger partial charge in [-0.15, -0.1) is 10.2 Å². The van der Waals surface area contributed by atoms with E-state index in [4.69, 9.17) is 10.8 Å². The zero-order valence-corrected chi connectivity index (χ0v) is 14.7. The highest BCUT2D eigenvalue weighted by molar-refractivity contribution is 7.98. The lowest BCUT2D eigenvalue weighted by Crippen LogP contribution is -2.18. The van der Waals surface area contributed by atoms with Crippen LogP contribution in [0.5, 0.6) is 0 Å². The summed E-state index contributed by atoms with van der Waals surface area (Å²) in [5.41, 5.74) is 3.21. The average molecular weight is 342 g/mol. The number of thioether (sulfide) groups is 1. The second-order valence-corrected chi connectivity index (χ2v) is 7.43. The first-order valence-electron chi connectivity index (χ1n) is 8.49. The third kappa shape index (κ3) is 2.88. The van der Waals surface area contributed by atoms with Crippen LogP contribution in [0, 0.1) is 6.92 Å². The van der Waals surface area contributed by atoms with Gasteiger partial charge >= 0.3 is 0 Å². The van der Waals surface area contributed by atoms with Crippen molar-refractivity contribution in [2.24, 2.45) is 0 Å². The van der Waals surface area contributed by atoms with E-state index in [1.807, 2.05) is 12.3 Å². The van der Waals surface area contributed by atoms with Gasteiger partial charge in [0.15, 0.2) is 5.82 Å². The van der Waals surface area contributed by atoms with E-state index >= 15 is 0 Å². The van der Waals surface area contributed by atoms with Gasteiger partial charge in [-0.3, -0.25) is 0 Å². The Bertz CT molecular complexity index is 846. The van der Waals surface area contributed by atoms with Gasteiger partial charge in [-0.25, -0.2) is 9.66 Å². The summed E-state index contributed by atoms with van der Waals surface area (Å²) in [5.74, 6) is 8.37. The van der Waals surface area contributed by atoms with E-state index in [0.29, 0.717) is 5.92 Å². The Hall–Kier alpha value is -2.02. The van der Waals surface area contributed by atoms with Crippen LogP contribution in [-0.2, 0) is 5.75 Å². The maximum atomic E-state index is 6.24. The highest BCUT2D eigenvalue weighted by Crippen LogP contribution is 2.32. The molecule has 0 amide bonds. The minimum Gasteiger partial charge on any atom is -0.336 e. The molecule has 3 heterocycles. The fourth-order valence-electron chi connectivity index (χ4n) is 3.44. The van der Waals surface area contributed by atoms with Crippen LogP contribution in [-0.4, -0.2) is 24.3 Å². The van der Waals surface area contributed by atoms with E-state index < -0.39 is 0 Å². The van der Waals surface area contributed by atoms with Crippen molar-refractivity contribution in [3.8, 4) is 0 Å². The summed E-state index contributed by atoms with van der Waals surface area (Å²) in [4.78, 5) is 4.70. The summed E-state index contributed by atoms with van der Waals surface area (Å²) in [5, 5.41) is 9.41. The summed E-state index contributed by atoms with van der Waals surface area (Å²) < 4.78 is 3.74. The molecular weight excluding hydrogens is 320 g/mol. The van der Waals surface area contributed by atoms with Gasteiger partial charge in [0, 0.05) is 24.1 Å². The molecular formula is C17H22N6S. The maximum Gasteiger partial charge on any atom is 0.210 e. The SMILES string of the molecule is Cc1cccn2cc(CSc3nnc(C4CCCCC4)n3N)nc12. The maximum absolute atomic E-state index is 6.24. The molecule has 1 fully saturated rings. The van der Waals surface area contributed by atoms with Crippen LogP contribution in [0.4, 0.5) is 0 Å². The summed E-state index contributed by atoms with van der Waals surface area (Å²) >= 11 is 1.59. The number of nitrogens with zero attached hydrogens (tertiary/aromatic N) is 5. The fourth-order valence-corrected chi connectivity index (χ4v) is 4.19. The number of pyridine rings is 1. The van der Waals surface area contributed by atoms with Crippen molar-refractivity contribution < 1.29 is 0 Å². The van der Waals surface area contributed by atoms with Gasteiger partial charge in [-0.2, -0.15) is 0 Å². The topological polar surface area (TPSA) is 74.0 Å². The molecule has 3 aromatic heterocycles. The van der Waals surface area contributed by atoms with Gasteiger partial charge in [0.25, 0.3) is 0 Å². The predicted molar refractivity (Wildman–Crippen MR) is 95.5 cm³/mol. The minimum atomic E-state index is 0.462. The number of rotatable bonds is 4. The van der Waals surface area contributed by atoms with Gasteiger partial charge in [0.2, 0.25) is 5.16 Å². The average Bonchev–Trinajstić information content (AvgIpc) is 3.18. The van der Waals surface area contributed by atoms with Crippen LogP contribution in [0.1, 0.15) is 55.1 Å². The number of hydrogen-bond acceptors (Lipinski definition) is 5. The number of imidazole rings is 1. The number of fused-ring (bicyclic) bond motifs is 1. The molecule has 0 atom stereocenters.